The first-order chi connectivity index (χ1) is 7.88. The zero-order chi connectivity index (χ0) is 11.6. The fourth-order valence-electron chi connectivity index (χ4n) is 2.51. The van der Waals surface area contributed by atoms with Crippen LogP contribution in [0.5, 0.6) is 0 Å². The summed E-state index contributed by atoms with van der Waals surface area (Å²) in [6, 6.07) is 0. The van der Waals surface area contributed by atoms with Gasteiger partial charge in [0.05, 0.1) is 6.10 Å². The standard InChI is InChI=1S/C14H29NO/c1-3-5-6-9-14-13(8-7-11-16-14)12-15-10-4-2/h13-15H,3-12H2,1-2H3. The van der Waals surface area contributed by atoms with E-state index in [1.807, 2.05) is 0 Å². The third kappa shape index (κ3) is 5.31. The summed E-state index contributed by atoms with van der Waals surface area (Å²) >= 11 is 0. The zero-order valence-electron chi connectivity index (χ0n) is 11.1. The highest BCUT2D eigenvalue weighted by atomic mass is 16.5. The molecule has 0 aromatic carbocycles. The van der Waals surface area contributed by atoms with Gasteiger partial charge in [-0.25, -0.2) is 0 Å². The van der Waals surface area contributed by atoms with Crippen LogP contribution in [0.4, 0.5) is 0 Å². The summed E-state index contributed by atoms with van der Waals surface area (Å²) in [6.07, 6.45) is 9.65. The van der Waals surface area contributed by atoms with Gasteiger partial charge in [-0.15, -0.1) is 0 Å². The molecule has 1 aliphatic rings. The van der Waals surface area contributed by atoms with Crippen molar-refractivity contribution in [2.75, 3.05) is 19.7 Å². The van der Waals surface area contributed by atoms with Crippen LogP contribution in [-0.2, 0) is 4.74 Å². The summed E-state index contributed by atoms with van der Waals surface area (Å²) in [5.41, 5.74) is 0. The van der Waals surface area contributed by atoms with Crippen molar-refractivity contribution in [3.8, 4) is 0 Å². The molecule has 0 aromatic rings. The highest BCUT2D eigenvalue weighted by molar-refractivity contribution is 4.76. The van der Waals surface area contributed by atoms with E-state index in [0.29, 0.717) is 6.10 Å². The quantitative estimate of drug-likeness (QED) is 0.642. The summed E-state index contributed by atoms with van der Waals surface area (Å²) in [6.45, 7) is 7.79. The first-order valence-electron chi connectivity index (χ1n) is 7.20. The second kappa shape index (κ2) is 9.00. The fraction of sp³-hybridized carbons (Fsp3) is 1.00. The van der Waals surface area contributed by atoms with E-state index in [4.69, 9.17) is 4.74 Å². The monoisotopic (exact) mass is 227 g/mol. The Balaban J connectivity index is 2.20. The van der Waals surface area contributed by atoms with Gasteiger partial charge in [0.25, 0.3) is 0 Å². The van der Waals surface area contributed by atoms with Crippen LogP contribution in [-0.4, -0.2) is 25.8 Å². The van der Waals surface area contributed by atoms with E-state index in [-0.39, 0.29) is 0 Å². The molecule has 2 heteroatoms. The van der Waals surface area contributed by atoms with Crippen molar-refractivity contribution in [3.63, 3.8) is 0 Å². The van der Waals surface area contributed by atoms with Gasteiger partial charge < -0.3 is 10.1 Å². The fourth-order valence-corrected chi connectivity index (χ4v) is 2.51. The predicted octanol–water partition coefficient (Wildman–Crippen LogP) is 3.36. The molecule has 1 aliphatic heterocycles. The number of hydrogen-bond donors (Lipinski definition) is 1. The van der Waals surface area contributed by atoms with Crippen LogP contribution >= 0.6 is 0 Å². The van der Waals surface area contributed by atoms with Gasteiger partial charge >= 0.3 is 0 Å². The minimum Gasteiger partial charge on any atom is -0.378 e. The Labute approximate surface area is 101 Å². The zero-order valence-corrected chi connectivity index (χ0v) is 11.1. The Morgan fingerprint density at radius 3 is 2.81 bits per heavy atom. The smallest absolute Gasteiger partial charge is 0.0615 e. The molecule has 0 amide bonds. The highest BCUT2D eigenvalue weighted by Gasteiger charge is 2.24. The molecule has 96 valence electrons. The molecule has 0 saturated carbocycles. The van der Waals surface area contributed by atoms with Crippen LogP contribution in [0.1, 0.15) is 58.8 Å². The van der Waals surface area contributed by atoms with E-state index in [0.717, 1.165) is 25.6 Å². The summed E-state index contributed by atoms with van der Waals surface area (Å²) in [5.74, 6) is 0.761. The Morgan fingerprint density at radius 1 is 1.19 bits per heavy atom. The Hall–Kier alpha value is -0.0800. The van der Waals surface area contributed by atoms with E-state index in [9.17, 15) is 0 Å². The van der Waals surface area contributed by atoms with Crippen LogP contribution in [0.15, 0.2) is 0 Å². The maximum atomic E-state index is 5.93. The van der Waals surface area contributed by atoms with Gasteiger partial charge in [-0.2, -0.15) is 0 Å². The molecular weight excluding hydrogens is 198 g/mol. The van der Waals surface area contributed by atoms with E-state index in [1.165, 1.54) is 44.9 Å². The van der Waals surface area contributed by atoms with Gasteiger partial charge in [-0.3, -0.25) is 0 Å². The van der Waals surface area contributed by atoms with E-state index < -0.39 is 0 Å². The average Bonchev–Trinajstić information content (AvgIpc) is 2.32. The molecule has 2 unspecified atom stereocenters. The Morgan fingerprint density at radius 2 is 2.06 bits per heavy atom. The van der Waals surface area contributed by atoms with Gasteiger partial charge in [-0.1, -0.05) is 33.1 Å². The summed E-state index contributed by atoms with van der Waals surface area (Å²) in [5, 5.41) is 3.55. The molecule has 16 heavy (non-hydrogen) atoms. The number of rotatable bonds is 8. The summed E-state index contributed by atoms with van der Waals surface area (Å²) < 4.78 is 5.93. The molecule has 0 aromatic heterocycles. The van der Waals surface area contributed by atoms with E-state index in [1.54, 1.807) is 0 Å². The lowest BCUT2D eigenvalue weighted by Gasteiger charge is -2.32. The largest absolute Gasteiger partial charge is 0.378 e. The minimum atomic E-state index is 0.532. The lowest BCUT2D eigenvalue weighted by Crippen LogP contribution is -2.37. The Bertz CT molecular complexity index is 143. The molecule has 1 fully saturated rings. The molecule has 1 saturated heterocycles. The molecular formula is C14H29NO. The highest BCUT2D eigenvalue weighted by Crippen LogP contribution is 2.24. The van der Waals surface area contributed by atoms with Crippen LogP contribution < -0.4 is 5.32 Å². The topological polar surface area (TPSA) is 21.3 Å². The maximum Gasteiger partial charge on any atom is 0.0615 e. The van der Waals surface area contributed by atoms with Crippen LogP contribution in [0, 0.1) is 5.92 Å². The molecule has 0 aliphatic carbocycles. The van der Waals surface area contributed by atoms with Crippen molar-refractivity contribution in [1.29, 1.82) is 0 Å². The van der Waals surface area contributed by atoms with Crippen LogP contribution in [0.3, 0.4) is 0 Å². The number of unbranched alkanes of at least 4 members (excludes halogenated alkanes) is 2. The first kappa shape index (κ1) is 14.0. The third-order valence-electron chi connectivity index (χ3n) is 3.50. The number of hydrogen-bond acceptors (Lipinski definition) is 2. The van der Waals surface area contributed by atoms with Crippen molar-refractivity contribution in [2.24, 2.45) is 5.92 Å². The second-order valence-corrected chi connectivity index (χ2v) is 5.01. The first-order valence-corrected chi connectivity index (χ1v) is 7.20. The van der Waals surface area contributed by atoms with Crippen molar-refractivity contribution in [1.82, 2.24) is 5.32 Å². The molecule has 0 bridgehead atoms. The second-order valence-electron chi connectivity index (χ2n) is 5.01. The minimum absolute atomic E-state index is 0.532. The molecule has 1 N–H and O–H groups in total. The molecule has 0 spiro atoms. The molecule has 1 heterocycles. The van der Waals surface area contributed by atoms with Gasteiger partial charge in [-0.05, 0) is 38.1 Å². The van der Waals surface area contributed by atoms with Crippen molar-refractivity contribution >= 4 is 0 Å². The van der Waals surface area contributed by atoms with Crippen molar-refractivity contribution in [2.45, 2.75) is 64.9 Å². The predicted molar refractivity (Wildman–Crippen MR) is 69.8 cm³/mol. The lowest BCUT2D eigenvalue weighted by molar-refractivity contribution is -0.0312. The number of nitrogens with one attached hydrogen (secondary N) is 1. The number of ether oxygens (including phenoxy) is 1. The molecule has 1 rings (SSSR count). The van der Waals surface area contributed by atoms with Gasteiger partial charge in [0.15, 0.2) is 0 Å². The van der Waals surface area contributed by atoms with E-state index >= 15 is 0 Å². The summed E-state index contributed by atoms with van der Waals surface area (Å²) in [4.78, 5) is 0. The summed E-state index contributed by atoms with van der Waals surface area (Å²) in [7, 11) is 0. The van der Waals surface area contributed by atoms with Crippen LogP contribution in [0.25, 0.3) is 0 Å². The van der Waals surface area contributed by atoms with Gasteiger partial charge in [0.2, 0.25) is 0 Å². The van der Waals surface area contributed by atoms with Crippen molar-refractivity contribution in [3.05, 3.63) is 0 Å². The van der Waals surface area contributed by atoms with Gasteiger partial charge in [0, 0.05) is 13.2 Å². The lowest BCUT2D eigenvalue weighted by atomic mass is 9.90. The Kier molecular flexibility index (Phi) is 7.87. The molecule has 2 nitrogen and oxygen atoms in total. The molecule has 2 atom stereocenters. The normalized spacial score (nSPS) is 25.9. The van der Waals surface area contributed by atoms with Crippen LogP contribution in [0.2, 0.25) is 0 Å². The van der Waals surface area contributed by atoms with E-state index in [2.05, 4.69) is 19.2 Å². The third-order valence-corrected chi connectivity index (χ3v) is 3.50. The molecule has 0 radical (unpaired) electrons. The van der Waals surface area contributed by atoms with Crippen molar-refractivity contribution < 1.29 is 4.74 Å². The van der Waals surface area contributed by atoms with Gasteiger partial charge in [0.1, 0.15) is 0 Å². The maximum absolute atomic E-state index is 5.93. The SMILES string of the molecule is CCCCCC1OCCCC1CNCCC. The average molecular weight is 227 g/mol.